The highest BCUT2D eigenvalue weighted by Gasteiger charge is 2.48. The number of nitrogens with one attached hydrogen (secondary N) is 1. The molecule has 0 spiro atoms. The molecule has 1 aromatic heterocycles. The monoisotopic (exact) mass is 324 g/mol. The fraction of sp³-hybridized carbons (Fsp3) is 0.200. The Balaban J connectivity index is 2.29. The Labute approximate surface area is 128 Å². The van der Waals surface area contributed by atoms with E-state index in [2.05, 4.69) is 5.32 Å². The first kappa shape index (κ1) is 15.1. The molecule has 2 heterocycles. The van der Waals surface area contributed by atoms with E-state index in [1.807, 2.05) is 0 Å². The number of para-hydroxylation sites is 1. The first-order chi connectivity index (χ1) is 10.8. The second-order valence-corrected chi connectivity index (χ2v) is 5.16. The lowest BCUT2D eigenvalue weighted by molar-refractivity contribution is -0.157. The van der Waals surface area contributed by atoms with E-state index in [0.717, 1.165) is 6.20 Å². The van der Waals surface area contributed by atoms with Gasteiger partial charge in [-0.15, -0.1) is 0 Å². The van der Waals surface area contributed by atoms with E-state index < -0.39 is 30.4 Å². The third-order valence-electron chi connectivity index (χ3n) is 3.69. The Morgan fingerprint density at radius 1 is 1.26 bits per heavy atom. The number of anilines is 1. The van der Waals surface area contributed by atoms with Gasteiger partial charge in [0, 0.05) is 18.3 Å². The average Bonchev–Trinajstić information content (AvgIpc) is 2.85. The summed E-state index contributed by atoms with van der Waals surface area (Å²) >= 11 is 0. The Morgan fingerprint density at radius 3 is 2.48 bits per heavy atom. The van der Waals surface area contributed by atoms with Crippen molar-refractivity contribution in [3.8, 4) is 5.69 Å². The number of carbonyl (C=O) groups is 2. The van der Waals surface area contributed by atoms with Crippen LogP contribution < -0.4 is 5.32 Å². The first-order valence-corrected chi connectivity index (χ1v) is 6.69. The van der Waals surface area contributed by atoms with E-state index >= 15 is 0 Å². The van der Waals surface area contributed by atoms with Crippen LogP contribution >= 0.6 is 0 Å². The molecule has 2 aromatic rings. The largest absolute Gasteiger partial charge is 0.478 e. The predicted molar refractivity (Wildman–Crippen MR) is 74.8 cm³/mol. The van der Waals surface area contributed by atoms with Crippen molar-refractivity contribution in [1.82, 2.24) is 4.57 Å². The Bertz CT molecular complexity index is 781. The molecule has 1 amide bonds. The van der Waals surface area contributed by atoms with Gasteiger partial charge in [-0.25, -0.2) is 4.79 Å². The summed E-state index contributed by atoms with van der Waals surface area (Å²) in [5, 5.41) is 11.5. The molecule has 23 heavy (non-hydrogen) atoms. The molecule has 0 aliphatic carbocycles. The van der Waals surface area contributed by atoms with Crippen molar-refractivity contribution in [3.63, 3.8) is 0 Å². The second kappa shape index (κ2) is 5.15. The molecule has 0 unspecified atom stereocenters. The SMILES string of the molecule is O=C1C[C@H](C(F)(F)F)c2c(c(C(=O)O)cn2-c2ccccc2)N1. The summed E-state index contributed by atoms with van der Waals surface area (Å²) in [6.07, 6.45) is -4.33. The molecular formula is C15H11F3N2O3. The number of aromatic carboxylic acids is 1. The van der Waals surface area contributed by atoms with E-state index in [-0.39, 0.29) is 16.9 Å². The number of amides is 1. The van der Waals surface area contributed by atoms with Crippen LogP contribution in [0, 0.1) is 0 Å². The number of hydrogen-bond acceptors (Lipinski definition) is 2. The number of rotatable bonds is 2. The number of carbonyl (C=O) groups excluding carboxylic acids is 1. The molecule has 0 radical (unpaired) electrons. The lowest BCUT2D eigenvalue weighted by Crippen LogP contribution is -2.33. The van der Waals surface area contributed by atoms with Gasteiger partial charge in [0.05, 0.1) is 11.4 Å². The highest BCUT2D eigenvalue weighted by atomic mass is 19.4. The molecule has 120 valence electrons. The van der Waals surface area contributed by atoms with Gasteiger partial charge in [-0.3, -0.25) is 4.79 Å². The van der Waals surface area contributed by atoms with Crippen molar-refractivity contribution < 1.29 is 27.9 Å². The van der Waals surface area contributed by atoms with Crippen molar-refractivity contribution in [1.29, 1.82) is 0 Å². The van der Waals surface area contributed by atoms with E-state index in [1.54, 1.807) is 30.3 Å². The Kier molecular flexibility index (Phi) is 3.39. The van der Waals surface area contributed by atoms with Gasteiger partial charge in [0.15, 0.2) is 0 Å². The lowest BCUT2D eigenvalue weighted by Gasteiger charge is -2.27. The molecule has 8 heteroatoms. The van der Waals surface area contributed by atoms with E-state index in [4.69, 9.17) is 0 Å². The number of aromatic nitrogens is 1. The summed E-state index contributed by atoms with van der Waals surface area (Å²) in [4.78, 5) is 22.9. The normalized spacial score (nSPS) is 17.5. The minimum absolute atomic E-state index is 0.263. The molecule has 5 nitrogen and oxygen atoms in total. The smallest absolute Gasteiger partial charge is 0.397 e. The van der Waals surface area contributed by atoms with Crippen LogP contribution in [0.5, 0.6) is 0 Å². The summed E-state index contributed by atoms with van der Waals surface area (Å²) < 4.78 is 41.3. The maximum atomic E-state index is 13.4. The number of nitrogens with zero attached hydrogens (tertiary/aromatic N) is 1. The molecule has 1 aliphatic heterocycles. The van der Waals surface area contributed by atoms with E-state index in [1.165, 1.54) is 4.57 Å². The van der Waals surface area contributed by atoms with Gasteiger partial charge in [-0.2, -0.15) is 13.2 Å². The molecule has 2 N–H and O–H groups in total. The number of fused-ring (bicyclic) bond motifs is 1. The average molecular weight is 324 g/mol. The predicted octanol–water partition coefficient (Wildman–Crippen LogP) is 3.16. The Hall–Kier alpha value is -2.77. The van der Waals surface area contributed by atoms with Crippen molar-refractivity contribution >= 4 is 17.6 Å². The van der Waals surface area contributed by atoms with Gasteiger partial charge < -0.3 is 15.0 Å². The van der Waals surface area contributed by atoms with Crippen LogP contribution in [0.1, 0.15) is 28.4 Å². The van der Waals surface area contributed by atoms with E-state index in [9.17, 15) is 27.9 Å². The zero-order valence-corrected chi connectivity index (χ0v) is 11.6. The van der Waals surface area contributed by atoms with Crippen molar-refractivity contribution in [2.24, 2.45) is 0 Å². The van der Waals surface area contributed by atoms with Gasteiger partial charge in [0.2, 0.25) is 5.91 Å². The third-order valence-corrected chi connectivity index (χ3v) is 3.69. The molecule has 1 aromatic carbocycles. The molecule has 0 saturated carbocycles. The molecule has 3 rings (SSSR count). The van der Waals surface area contributed by atoms with Crippen LogP contribution in [-0.4, -0.2) is 27.7 Å². The molecule has 1 aliphatic rings. The van der Waals surface area contributed by atoms with Crippen LogP contribution in [0.15, 0.2) is 36.5 Å². The fourth-order valence-corrected chi connectivity index (χ4v) is 2.70. The standard InChI is InChI=1S/C15H11F3N2O3/c16-15(17,18)10-6-11(21)19-12-9(14(22)23)7-20(13(10)12)8-4-2-1-3-5-8/h1-5,7,10H,6H2,(H,19,21)(H,22,23)/t10-/m0/s1. The minimum Gasteiger partial charge on any atom is -0.478 e. The maximum absolute atomic E-state index is 13.4. The number of halogens is 3. The lowest BCUT2D eigenvalue weighted by atomic mass is 9.94. The van der Waals surface area contributed by atoms with Crippen LogP contribution in [0.2, 0.25) is 0 Å². The van der Waals surface area contributed by atoms with Gasteiger partial charge >= 0.3 is 12.1 Å². The summed E-state index contributed by atoms with van der Waals surface area (Å²) in [6, 6.07) is 8.09. The van der Waals surface area contributed by atoms with E-state index in [0.29, 0.717) is 5.69 Å². The van der Waals surface area contributed by atoms with Gasteiger partial charge in [0.1, 0.15) is 11.5 Å². The third kappa shape index (κ3) is 2.56. The number of carboxylic acids is 1. The number of benzene rings is 1. The number of carboxylic acid groups (broad SMARTS) is 1. The minimum atomic E-state index is -4.66. The molecule has 1 atom stereocenters. The van der Waals surface area contributed by atoms with Crippen molar-refractivity contribution in [3.05, 3.63) is 47.8 Å². The van der Waals surface area contributed by atoms with Crippen molar-refractivity contribution in [2.75, 3.05) is 5.32 Å². The number of hydrogen-bond donors (Lipinski definition) is 2. The summed E-state index contributed by atoms with van der Waals surface area (Å²) in [7, 11) is 0. The maximum Gasteiger partial charge on any atom is 0.397 e. The van der Waals surface area contributed by atoms with Gasteiger partial charge in [-0.1, -0.05) is 18.2 Å². The summed E-state index contributed by atoms with van der Waals surface area (Å²) in [5.41, 5.74) is -0.534. The highest BCUT2D eigenvalue weighted by Crippen LogP contribution is 2.46. The van der Waals surface area contributed by atoms with Crippen LogP contribution in [0.3, 0.4) is 0 Å². The van der Waals surface area contributed by atoms with Gasteiger partial charge in [0.25, 0.3) is 0 Å². The zero-order chi connectivity index (χ0) is 16.8. The first-order valence-electron chi connectivity index (χ1n) is 6.69. The van der Waals surface area contributed by atoms with Crippen molar-refractivity contribution in [2.45, 2.75) is 18.5 Å². The number of alkyl halides is 3. The van der Waals surface area contributed by atoms with Crippen LogP contribution in [0.25, 0.3) is 5.69 Å². The zero-order valence-electron chi connectivity index (χ0n) is 11.6. The summed E-state index contributed by atoms with van der Waals surface area (Å²) in [6.45, 7) is 0. The fourth-order valence-electron chi connectivity index (χ4n) is 2.70. The van der Waals surface area contributed by atoms with Crippen LogP contribution in [0.4, 0.5) is 18.9 Å². The van der Waals surface area contributed by atoms with Gasteiger partial charge in [-0.05, 0) is 12.1 Å². The second-order valence-electron chi connectivity index (χ2n) is 5.16. The topological polar surface area (TPSA) is 71.3 Å². The molecule has 0 bridgehead atoms. The summed E-state index contributed by atoms with van der Waals surface area (Å²) in [5.74, 6) is -4.31. The molecular weight excluding hydrogens is 313 g/mol. The molecule has 0 saturated heterocycles. The highest BCUT2D eigenvalue weighted by molar-refractivity contribution is 6.03. The molecule has 0 fully saturated rings. The van der Waals surface area contributed by atoms with Crippen LogP contribution in [-0.2, 0) is 4.79 Å². The Morgan fingerprint density at radius 2 is 1.91 bits per heavy atom. The quantitative estimate of drug-likeness (QED) is 0.891.